The summed E-state index contributed by atoms with van der Waals surface area (Å²) in [7, 11) is 0. The summed E-state index contributed by atoms with van der Waals surface area (Å²) in [4.78, 5) is 24.0. The van der Waals surface area contributed by atoms with Gasteiger partial charge in [0.2, 0.25) is 0 Å². The lowest BCUT2D eigenvalue weighted by atomic mass is 10.0. The van der Waals surface area contributed by atoms with Gasteiger partial charge >= 0.3 is 5.97 Å². The molecule has 0 heterocycles. The number of benzene rings is 3. The second-order valence-electron chi connectivity index (χ2n) is 5.87. The van der Waals surface area contributed by atoms with Gasteiger partial charge in [-0.1, -0.05) is 77.8 Å². The molecule has 1 amide bonds. The van der Waals surface area contributed by atoms with Gasteiger partial charge in [-0.15, -0.1) is 0 Å². The van der Waals surface area contributed by atoms with Crippen molar-refractivity contribution in [1.82, 2.24) is 5.32 Å². The molecule has 0 unspecified atom stereocenters. The van der Waals surface area contributed by atoms with Crippen LogP contribution in [0.2, 0.25) is 10.0 Å². The SMILES string of the molecule is O=C(O)C(=Cc1c(Cl)ccc(-c2ccccc2)c1Cl)NC(=O)c1ccccc1. The largest absolute Gasteiger partial charge is 0.477 e. The predicted octanol–water partition coefficient (Wildman–Crippen LogP) is 5.52. The van der Waals surface area contributed by atoms with Crippen LogP contribution in [0.15, 0.2) is 78.5 Å². The molecule has 3 aromatic carbocycles. The highest BCUT2D eigenvalue weighted by molar-refractivity contribution is 6.39. The number of carbonyl (C=O) groups is 2. The number of hydrogen-bond donors (Lipinski definition) is 2. The predicted molar refractivity (Wildman–Crippen MR) is 111 cm³/mol. The molecule has 0 aliphatic carbocycles. The fourth-order valence-electron chi connectivity index (χ4n) is 2.62. The fraction of sp³-hybridized carbons (Fsp3) is 0. The number of nitrogens with one attached hydrogen (secondary N) is 1. The average Bonchev–Trinajstić information content (AvgIpc) is 2.71. The van der Waals surface area contributed by atoms with Gasteiger partial charge in [0.1, 0.15) is 5.70 Å². The molecule has 140 valence electrons. The van der Waals surface area contributed by atoms with E-state index in [2.05, 4.69) is 5.32 Å². The number of amides is 1. The monoisotopic (exact) mass is 411 g/mol. The van der Waals surface area contributed by atoms with Gasteiger partial charge < -0.3 is 10.4 Å². The van der Waals surface area contributed by atoms with Crippen LogP contribution < -0.4 is 5.32 Å². The summed E-state index contributed by atoms with van der Waals surface area (Å²) < 4.78 is 0. The summed E-state index contributed by atoms with van der Waals surface area (Å²) in [5, 5.41) is 12.5. The number of carbonyl (C=O) groups excluding carboxylic acids is 1. The molecular formula is C22H15Cl2NO3. The smallest absolute Gasteiger partial charge is 0.352 e. The number of carboxylic acids is 1. The first-order valence-corrected chi connectivity index (χ1v) is 9.08. The van der Waals surface area contributed by atoms with E-state index in [1.165, 1.54) is 6.08 Å². The van der Waals surface area contributed by atoms with E-state index in [9.17, 15) is 14.7 Å². The van der Waals surface area contributed by atoms with Crippen LogP contribution in [0.4, 0.5) is 0 Å². The Morgan fingerprint density at radius 3 is 2.07 bits per heavy atom. The van der Waals surface area contributed by atoms with E-state index in [1.54, 1.807) is 42.5 Å². The molecular weight excluding hydrogens is 397 g/mol. The highest BCUT2D eigenvalue weighted by atomic mass is 35.5. The Kier molecular flexibility index (Phi) is 6.14. The van der Waals surface area contributed by atoms with E-state index in [0.717, 1.165) is 5.56 Å². The minimum absolute atomic E-state index is 0.275. The van der Waals surface area contributed by atoms with Crippen molar-refractivity contribution in [3.05, 3.63) is 99.7 Å². The van der Waals surface area contributed by atoms with Crippen LogP contribution in [0, 0.1) is 0 Å². The van der Waals surface area contributed by atoms with Gasteiger partial charge in [0, 0.05) is 21.7 Å². The lowest BCUT2D eigenvalue weighted by Crippen LogP contribution is -2.27. The van der Waals surface area contributed by atoms with Crippen molar-refractivity contribution in [1.29, 1.82) is 0 Å². The molecule has 4 nitrogen and oxygen atoms in total. The molecule has 0 saturated carbocycles. The average molecular weight is 412 g/mol. The Balaban J connectivity index is 2.01. The van der Waals surface area contributed by atoms with Gasteiger partial charge in [-0.05, 0) is 29.8 Å². The third-order valence-corrected chi connectivity index (χ3v) is 4.75. The Morgan fingerprint density at radius 2 is 1.46 bits per heavy atom. The van der Waals surface area contributed by atoms with Gasteiger partial charge in [0.05, 0.1) is 5.02 Å². The van der Waals surface area contributed by atoms with Crippen LogP contribution in [-0.4, -0.2) is 17.0 Å². The summed E-state index contributed by atoms with van der Waals surface area (Å²) in [6.45, 7) is 0. The molecule has 3 aromatic rings. The standard InChI is InChI=1S/C22H15Cl2NO3/c23-18-12-11-16(14-7-3-1-4-8-14)20(24)17(18)13-19(22(27)28)25-21(26)15-9-5-2-6-10-15/h1-13H,(H,25,26)(H,27,28). The van der Waals surface area contributed by atoms with Gasteiger partial charge in [0.25, 0.3) is 5.91 Å². The molecule has 0 aliphatic rings. The third kappa shape index (κ3) is 4.42. The van der Waals surface area contributed by atoms with E-state index in [0.29, 0.717) is 21.7 Å². The van der Waals surface area contributed by atoms with Crippen molar-refractivity contribution in [2.75, 3.05) is 0 Å². The molecule has 0 aromatic heterocycles. The third-order valence-electron chi connectivity index (χ3n) is 4.01. The van der Waals surface area contributed by atoms with Gasteiger partial charge in [0.15, 0.2) is 0 Å². The zero-order valence-corrected chi connectivity index (χ0v) is 16.0. The summed E-state index contributed by atoms with van der Waals surface area (Å²) in [6.07, 6.45) is 1.26. The van der Waals surface area contributed by atoms with Gasteiger partial charge in [-0.25, -0.2) is 4.79 Å². The first-order chi connectivity index (χ1) is 13.5. The van der Waals surface area contributed by atoms with Crippen LogP contribution in [-0.2, 0) is 4.79 Å². The normalized spacial score (nSPS) is 11.1. The molecule has 0 atom stereocenters. The zero-order chi connectivity index (χ0) is 20.1. The molecule has 0 bridgehead atoms. The van der Waals surface area contributed by atoms with Crippen LogP contribution in [0.3, 0.4) is 0 Å². The summed E-state index contributed by atoms with van der Waals surface area (Å²) in [6, 6.07) is 21.1. The second kappa shape index (κ2) is 8.74. The summed E-state index contributed by atoms with van der Waals surface area (Å²) in [5.74, 6) is -1.85. The Bertz CT molecular complexity index is 1050. The molecule has 3 rings (SSSR count). The van der Waals surface area contributed by atoms with Crippen molar-refractivity contribution in [2.24, 2.45) is 0 Å². The van der Waals surface area contributed by atoms with E-state index < -0.39 is 11.9 Å². The Hall–Kier alpha value is -3.08. The Labute approximate surface area is 172 Å². The highest BCUT2D eigenvalue weighted by Gasteiger charge is 2.17. The highest BCUT2D eigenvalue weighted by Crippen LogP contribution is 2.36. The molecule has 0 radical (unpaired) electrons. The van der Waals surface area contributed by atoms with Crippen molar-refractivity contribution in [2.45, 2.75) is 0 Å². The maximum atomic E-state index is 12.3. The first-order valence-electron chi connectivity index (χ1n) is 8.32. The molecule has 28 heavy (non-hydrogen) atoms. The van der Waals surface area contributed by atoms with Crippen LogP contribution in [0.5, 0.6) is 0 Å². The minimum atomic E-state index is -1.30. The van der Waals surface area contributed by atoms with Crippen molar-refractivity contribution >= 4 is 41.2 Å². The maximum Gasteiger partial charge on any atom is 0.352 e. The van der Waals surface area contributed by atoms with Crippen molar-refractivity contribution in [3.63, 3.8) is 0 Å². The van der Waals surface area contributed by atoms with E-state index in [-0.39, 0.29) is 10.7 Å². The number of aliphatic carboxylic acids is 1. The lowest BCUT2D eigenvalue weighted by Gasteiger charge is -2.11. The topological polar surface area (TPSA) is 66.4 Å². The molecule has 0 saturated heterocycles. The number of carboxylic acid groups (broad SMARTS) is 1. The quantitative estimate of drug-likeness (QED) is 0.543. The van der Waals surface area contributed by atoms with Crippen LogP contribution in [0.1, 0.15) is 15.9 Å². The maximum absolute atomic E-state index is 12.3. The summed E-state index contributed by atoms with van der Waals surface area (Å²) in [5.41, 5.74) is 1.89. The second-order valence-corrected chi connectivity index (χ2v) is 6.66. The van der Waals surface area contributed by atoms with Crippen molar-refractivity contribution < 1.29 is 14.7 Å². The zero-order valence-electron chi connectivity index (χ0n) is 14.5. The van der Waals surface area contributed by atoms with Gasteiger partial charge in [-0.2, -0.15) is 0 Å². The van der Waals surface area contributed by atoms with E-state index in [4.69, 9.17) is 23.2 Å². The van der Waals surface area contributed by atoms with Crippen LogP contribution >= 0.6 is 23.2 Å². The van der Waals surface area contributed by atoms with E-state index >= 15 is 0 Å². The van der Waals surface area contributed by atoms with Gasteiger partial charge in [-0.3, -0.25) is 4.79 Å². The molecule has 6 heteroatoms. The molecule has 0 aliphatic heterocycles. The molecule has 0 fully saturated rings. The number of rotatable bonds is 5. The number of hydrogen-bond acceptors (Lipinski definition) is 2. The Morgan fingerprint density at radius 1 is 0.857 bits per heavy atom. The van der Waals surface area contributed by atoms with E-state index in [1.807, 2.05) is 30.3 Å². The van der Waals surface area contributed by atoms with Crippen molar-refractivity contribution in [3.8, 4) is 11.1 Å². The number of halogens is 2. The molecule has 2 N–H and O–H groups in total. The summed E-state index contributed by atoms with van der Waals surface area (Å²) >= 11 is 12.8. The fourth-order valence-corrected chi connectivity index (χ4v) is 3.21. The molecule has 0 spiro atoms. The minimum Gasteiger partial charge on any atom is -0.477 e. The first kappa shape index (κ1) is 19.7. The lowest BCUT2D eigenvalue weighted by molar-refractivity contribution is -0.132. The van der Waals surface area contributed by atoms with Crippen LogP contribution in [0.25, 0.3) is 17.2 Å².